The molecule has 3 rings (SSSR count). The van der Waals surface area contributed by atoms with Crippen LogP contribution in [0.3, 0.4) is 0 Å². The zero-order valence-corrected chi connectivity index (χ0v) is 17.2. The first-order valence-corrected chi connectivity index (χ1v) is 9.94. The fourth-order valence-corrected chi connectivity index (χ4v) is 4.28. The van der Waals surface area contributed by atoms with Crippen molar-refractivity contribution >= 4 is 28.5 Å². The van der Waals surface area contributed by atoms with Gasteiger partial charge in [-0.3, -0.25) is 5.10 Å². The molecule has 1 saturated heterocycles. The second-order valence-electron chi connectivity index (χ2n) is 8.42. The molecule has 27 heavy (non-hydrogen) atoms. The molecule has 7 heteroatoms. The summed E-state index contributed by atoms with van der Waals surface area (Å²) in [7, 11) is 0. The molecule has 2 heterocycles. The Labute approximate surface area is 165 Å². The third-order valence-corrected chi connectivity index (χ3v) is 6.02. The summed E-state index contributed by atoms with van der Waals surface area (Å²) in [5.74, 6) is 0.302. The molecule has 1 aliphatic rings. The maximum atomic E-state index is 12.2. The van der Waals surface area contributed by atoms with Gasteiger partial charge in [0.25, 0.3) is 0 Å². The number of fused-ring (bicyclic) bond motifs is 1. The van der Waals surface area contributed by atoms with Crippen LogP contribution in [-0.4, -0.2) is 45.4 Å². The van der Waals surface area contributed by atoms with Crippen LogP contribution in [0.2, 0.25) is 5.02 Å². The van der Waals surface area contributed by atoms with Crippen LogP contribution < -0.4 is 5.32 Å². The monoisotopic (exact) mass is 392 g/mol. The first-order chi connectivity index (χ1) is 12.7. The van der Waals surface area contributed by atoms with Gasteiger partial charge in [-0.1, -0.05) is 25.4 Å². The van der Waals surface area contributed by atoms with E-state index in [1.54, 1.807) is 6.20 Å². The Kier molecular flexibility index (Phi) is 5.68. The van der Waals surface area contributed by atoms with Crippen LogP contribution in [0.15, 0.2) is 18.3 Å². The molecule has 1 aliphatic heterocycles. The molecule has 0 saturated carbocycles. The summed E-state index contributed by atoms with van der Waals surface area (Å²) in [6.45, 7) is 9.53. The lowest BCUT2D eigenvalue weighted by Crippen LogP contribution is -2.48. The summed E-state index contributed by atoms with van der Waals surface area (Å²) in [4.78, 5) is 14.1. The number of benzene rings is 1. The Morgan fingerprint density at radius 2 is 2.04 bits per heavy atom. The Balaban J connectivity index is 1.74. The van der Waals surface area contributed by atoms with Gasteiger partial charge >= 0.3 is 6.03 Å². The van der Waals surface area contributed by atoms with Crippen LogP contribution in [0.4, 0.5) is 4.79 Å². The van der Waals surface area contributed by atoms with E-state index in [0.717, 1.165) is 29.3 Å². The molecule has 6 nitrogen and oxygen atoms in total. The minimum atomic E-state index is -0.669. The summed E-state index contributed by atoms with van der Waals surface area (Å²) in [6, 6.07) is 3.78. The topological polar surface area (TPSA) is 81.3 Å². The van der Waals surface area contributed by atoms with Crippen LogP contribution in [0, 0.1) is 11.3 Å². The standard InChI is InChI=1S/C20H29ClN4O2/c1-12(2)23-19(27)25-7-5-13(6-8-25)20(3,4)18(26)15-9-14(21)10-17-16(15)11-22-24-17/h9-13,18,26H,5-8H2,1-4H3,(H,22,24)(H,23,27). The lowest BCUT2D eigenvalue weighted by Gasteiger charge is -2.43. The number of amides is 2. The van der Waals surface area contributed by atoms with E-state index in [1.165, 1.54) is 0 Å². The van der Waals surface area contributed by atoms with Crippen LogP contribution in [0.1, 0.15) is 52.2 Å². The molecule has 0 spiro atoms. The molecular weight excluding hydrogens is 364 g/mol. The minimum absolute atomic E-state index is 0.00301. The highest BCUT2D eigenvalue weighted by Crippen LogP contribution is 2.46. The van der Waals surface area contributed by atoms with Crippen molar-refractivity contribution in [2.24, 2.45) is 11.3 Å². The minimum Gasteiger partial charge on any atom is -0.388 e. The number of rotatable bonds is 4. The van der Waals surface area contributed by atoms with Gasteiger partial charge in [0.1, 0.15) is 0 Å². The number of aromatic amines is 1. The predicted molar refractivity (Wildman–Crippen MR) is 108 cm³/mol. The second-order valence-corrected chi connectivity index (χ2v) is 8.85. The summed E-state index contributed by atoms with van der Waals surface area (Å²) in [6.07, 6.45) is 2.80. The maximum Gasteiger partial charge on any atom is 0.317 e. The van der Waals surface area contributed by atoms with E-state index in [1.807, 2.05) is 30.9 Å². The van der Waals surface area contributed by atoms with Gasteiger partial charge in [0.15, 0.2) is 0 Å². The predicted octanol–water partition coefficient (Wildman–Crippen LogP) is 4.11. The van der Waals surface area contributed by atoms with Gasteiger partial charge in [0.05, 0.1) is 17.8 Å². The Hall–Kier alpha value is -1.79. The van der Waals surface area contributed by atoms with Crippen molar-refractivity contribution in [1.29, 1.82) is 0 Å². The van der Waals surface area contributed by atoms with Crippen molar-refractivity contribution in [2.45, 2.75) is 52.7 Å². The number of aliphatic hydroxyl groups is 1. The number of aromatic nitrogens is 2. The van der Waals surface area contributed by atoms with Crippen LogP contribution in [0.25, 0.3) is 10.9 Å². The average Bonchev–Trinajstić information content (AvgIpc) is 3.08. The molecule has 2 aromatic rings. The number of hydrogen-bond donors (Lipinski definition) is 3. The average molecular weight is 393 g/mol. The summed E-state index contributed by atoms with van der Waals surface area (Å²) >= 11 is 6.25. The largest absolute Gasteiger partial charge is 0.388 e. The molecular formula is C20H29ClN4O2. The number of piperidine rings is 1. The highest BCUT2D eigenvalue weighted by molar-refractivity contribution is 6.31. The number of nitrogens with zero attached hydrogens (tertiary/aromatic N) is 2. The normalized spacial score (nSPS) is 17.5. The van der Waals surface area contributed by atoms with Gasteiger partial charge in [-0.2, -0.15) is 5.10 Å². The Morgan fingerprint density at radius 3 is 2.67 bits per heavy atom. The fraction of sp³-hybridized carbons (Fsp3) is 0.600. The van der Waals surface area contributed by atoms with E-state index >= 15 is 0 Å². The Morgan fingerprint density at radius 1 is 1.37 bits per heavy atom. The molecule has 0 bridgehead atoms. The smallest absolute Gasteiger partial charge is 0.317 e. The molecule has 1 unspecified atom stereocenters. The van der Waals surface area contributed by atoms with Gasteiger partial charge < -0.3 is 15.3 Å². The maximum absolute atomic E-state index is 12.2. The molecule has 1 fully saturated rings. The number of likely N-dealkylation sites (tertiary alicyclic amines) is 1. The lowest BCUT2D eigenvalue weighted by atomic mass is 9.68. The van der Waals surface area contributed by atoms with Gasteiger partial charge in [-0.25, -0.2) is 4.79 Å². The quantitative estimate of drug-likeness (QED) is 0.732. The van der Waals surface area contributed by atoms with Crippen molar-refractivity contribution in [3.8, 4) is 0 Å². The van der Waals surface area contributed by atoms with E-state index < -0.39 is 6.10 Å². The SMILES string of the molecule is CC(C)NC(=O)N1CCC(C(C)(C)C(O)c2cc(Cl)cc3[nH]ncc23)CC1. The Bertz CT molecular complexity index is 809. The number of carbonyl (C=O) groups is 1. The molecule has 0 aliphatic carbocycles. The van der Waals surface area contributed by atoms with Crippen molar-refractivity contribution in [3.63, 3.8) is 0 Å². The zero-order chi connectivity index (χ0) is 19.8. The number of nitrogens with one attached hydrogen (secondary N) is 2. The van der Waals surface area contributed by atoms with Gasteiger partial charge in [0.2, 0.25) is 0 Å². The summed E-state index contributed by atoms with van der Waals surface area (Å²) < 4.78 is 0. The number of carbonyl (C=O) groups excluding carboxylic acids is 1. The number of hydrogen-bond acceptors (Lipinski definition) is 3. The highest BCUT2D eigenvalue weighted by atomic mass is 35.5. The third-order valence-electron chi connectivity index (χ3n) is 5.80. The summed E-state index contributed by atoms with van der Waals surface area (Å²) in [5, 5.41) is 22.7. The second kappa shape index (κ2) is 7.68. The highest BCUT2D eigenvalue weighted by Gasteiger charge is 2.40. The van der Waals surface area contributed by atoms with Crippen molar-refractivity contribution in [1.82, 2.24) is 20.4 Å². The van der Waals surface area contributed by atoms with Crippen molar-refractivity contribution in [2.75, 3.05) is 13.1 Å². The molecule has 1 atom stereocenters. The zero-order valence-electron chi connectivity index (χ0n) is 16.4. The van der Waals surface area contributed by atoms with Crippen LogP contribution in [-0.2, 0) is 0 Å². The van der Waals surface area contributed by atoms with E-state index in [4.69, 9.17) is 11.6 Å². The van der Waals surface area contributed by atoms with Crippen LogP contribution >= 0.6 is 11.6 Å². The molecule has 148 valence electrons. The molecule has 0 radical (unpaired) electrons. The molecule has 3 N–H and O–H groups in total. The third kappa shape index (κ3) is 4.06. The molecule has 1 aromatic carbocycles. The number of H-pyrrole nitrogens is 1. The molecule has 1 aromatic heterocycles. The van der Waals surface area contributed by atoms with E-state index in [0.29, 0.717) is 24.0 Å². The van der Waals surface area contributed by atoms with Crippen molar-refractivity contribution < 1.29 is 9.90 Å². The van der Waals surface area contributed by atoms with Gasteiger partial charge in [-0.15, -0.1) is 0 Å². The molecule has 2 amide bonds. The fourth-order valence-electron chi connectivity index (χ4n) is 4.06. The van der Waals surface area contributed by atoms with E-state index in [2.05, 4.69) is 29.4 Å². The first kappa shape index (κ1) is 20.0. The number of aliphatic hydroxyl groups excluding tert-OH is 1. The number of urea groups is 1. The van der Waals surface area contributed by atoms with E-state index in [9.17, 15) is 9.90 Å². The van der Waals surface area contributed by atoms with Gasteiger partial charge in [-0.05, 0) is 55.7 Å². The van der Waals surface area contributed by atoms with E-state index in [-0.39, 0.29) is 17.5 Å². The number of halogens is 1. The lowest BCUT2D eigenvalue weighted by molar-refractivity contribution is -0.0143. The van der Waals surface area contributed by atoms with Crippen molar-refractivity contribution in [3.05, 3.63) is 28.9 Å². The summed E-state index contributed by atoms with van der Waals surface area (Å²) in [5.41, 5.74) is 1.28. The first-order valence-electron chi connectivity index (χ1n) is 9.56. The van der Waals surface area contributed by atoms with Gasteiger partial charge in [0, 0.05) is 29.5 Å². The van der Waals surface area contributed by atoms with Crippen LogP contribution in [0.5, 0.6) is 0 Å².